The van der Waals surface area contributed by atoms with E-state index < -0.39 is 83.7 Å². The van der Waals surface area contributed by atoms with Crippen molar-refractivity contribution in [3.05, 3.63) is 35.9 Å². The summed E-state index contributed by atoms with van der Waals surface area (Å²) in [5, 5.41) is 31.4. The first-order chi connectivity index (χ1) is 22.3. The Bertz CT molecular complexity index is 1280. The maximum absolute atomic E-state index is 13.9. The maximum atomic E-state index is 13.9. The molecule has 15 nitrogen and oxygen atoms in total. The number of imide groups is 1. The summed E-state index contributed by atoms with van der Waals surface area (Å²) in [5.41, 5.74) is 3.69. The maximum Gasteiger partial charge on any atom is 0.262 e. The molecule has 2 saturated heterocycles. The van der Waals surface area contributed by atoms with Crippen LogP contribution in [-0.4, -0.2) is 119 Å². The summed E-state index contributed by atoms with van der Waals surface area (Å²) in [6, 6.07) is 4.69. The highest BCUT2D eigenvalue weighted by atomic mass is 16.5. The fourth-order valence-electron chi connectivity index (χ4n) is 5.73. The predicted octanol–water partition coefficient (Wildman–Crippen LogP) is -1.38. The first kappa shape index (κ1) is 37.5. The summed E-state index contributed by atoms with van der Waals surface area (Å²) in [4.78, 5) is 78.5. The number of rotatable bonds is 14. The number of carbonyl (C=O) groups is 6. The lowest BCUT2D eigenvalue weighted by atomic mass is 9.91. The Hall–Kier alpha value is -3.92. The molecule has 260 valence electrons. The number of likely N-dealkylation sites (tertiary alicyclic amines) is 1. The van der Waals surface area contributed by atoms with Crippen molar-refractivity contribution in [2.45, 2.75) is 89.8 Å². The van der Waals surface area contributed by atoms with Crippen molar-refractivity contribution >= 4 is 35.4 Å². The van der Waals surface area contributed by atoms with Crippen molar-refractivity contribution in [2.75, 3.05) is 26.8 Å². The van der Waals surface area contributed by atoms with Gasteiger partial charge in [0, 0.05) is 27.1 Å². The molecule has 0 spiro atoms. The van der Waals surface area contributed by atoms with Gasteiger partial charge in [-0.1, -0.05) is 51.1 Å². The Balaban J connectivity index is 1.81. The summed E-state index contributed by atoms with van der Waals surface area (Å²) in [7, 11) is 1.32. The minimum Gasteiger partial charge on any atom is -0.390 e. The van der Waals surface area contributed by atoms with Gasteiger partial charge in [-0.15, -0.1) is 0 Å². The zero-order valence-corrected chi connectivity index (χ0v) is 27.6. The van der Waals surface area contributed by atoms with E-state index in [0.29, 0.717) is 13.0 Å². The van der Waals surface area contributed by atoms with Crippen LogP contribution in [0.25, 0.3) is 0 Å². The normalized spacial score (nSPS) is 21.4. The lowest BCUT2D eigenvalue weighted by molar-refractivity contribution is -0.153. The number of nitrogens with one attached hydrogen (secondary N) is 4. The summed E-state index contributed by atoms with van der Waals surface area (Å²) in [6.07, 6.45) is -1.51. The van der Waals surface area contributed by atoms with E-state index in [2.05, 4.69) is 21.4 Å². The quantitative estimate of drug-likeness (QED) is 0.138. The second-order valence-electron chi connectivity index (χ2n) is 12.4. The van der Waals surface area contributed by atoms with E-state index in [4.69, 9.17) is 4.74 Å². The molecule has 1 aromatic carbocycles. The number of methoxy groups -OCH3 is 1. The number of benzene rings is 1. The number of hydrogen-bond acceptors (Lipinski definition) is 10. The Labute approximate surface area is 274 Å². The van der Waals surface area contributed by atoms with E-state index in [-0.39, 0.29) is 32.4 Å². The molecule has 2 aliphatic heterocycles. The highest BCUT2D eigenvalue weighted by Gasteiger charge is 2.42. The third kappa shape index (κ3) is 9.79. The molecule has 0 bridgehead atoms. The fourth-order valence-corrected chi connectivity index (χ4v) is 5.73. The molecule has 1 aromatic rings. The van der Waals surface area contributed by atoms with Gasteiger partial charge in [0.05, 0.1) is 24.2 Å². The molecule has 2 fully saturated rings. The minimum atomic E-state index is -1.41. The Morgan fingerprint density at radius 3 is 2.30 bits per heavy atom. The number of hydrogen-bond donors (Lipinski definition) is 6. The van der Waals surface area contributed by atoms with Crippen LogP contribution in [-0.2, 0) is 39.9 Å². The van der Waals surface area contributed by atoms with E-state index in [1.807, 2.05) is 18.2 Å². The van der Waals surface area contributed by atoms with Crippen LogP contribution in [0.15, 0.2) is 30.3 Å². The molecule has 0 saturated carbocycles. The smallest absolute Gasteiger partial charge is 0.262 e. The lowest BCUT2D eigenvalue weighted by Gasteiger charge is -2.39. The lowest BCUT2D eigenvalue weighted by Crippen LogP contribution is -2.66. The van der Waals surface area contributed by atoms with Crippen molar-refractivity contribution < 1.29 is 43.7 Å². The van der Waals surface area contributed by atoms with Gasteiger partial charge >= 0.3 is 0 Å². The van der Waals surface area contributed by atoms with E-state index in [1.165, 1.54) is 21.0 Å². The number of nitrogens with zero attached hydrogens (tertiary/aromatic N) is 2. The van der Waals surface area contributed by atoms with Gasteiger partial charge in [0.2, 0.25) is 23.6 Å². The first-order valence-corrected chi connectivity index (χ1v) is 15.9. The molecule has 3 rings (SSSR count). The van der Waals surface area contributed by atoms with Gasteiger partial charge in [0.25, 0.3) is 11.8 Å². The van der Waals surface area contributed by atoms with Crippen LogP contribution in [0.1, 0.15) is 52.5 Å². The molecule has 0 aliphatic carbocycles. The van der Waals surface area contributed by atoms with Gasteiger partial charge in [-0.05, 0) is 37.2 Å². The average Bonchev–Trinajstić information content (AvgIpc) is 3.41. The topological polar surface area (TPSA) is 207 Å². The molecule has 2 aliphatic rings. The Kier molecular flexibility index (Phi) is 13.8. The Morgan fingerprint density at radius 1 is 1.02 bits per heavy atom. The van der Waals surface area contributed by atoms with Crippen molar-refractivity contribution in [1.82, 2.24) is 31.3 Å². The summed E-state index contributed by atoms with van der Waals surface area (Å²) in [6.45, 7) is 6.34. The summed E-state index contributed by atoms with van der Waals surface area (Å²) >= 11 is 0. The standard InChI is InChI=1S/C32H48N6O9/c1-18(2)27(41)26(36-25(40)17-47-5)32(46)38-24(12-9-14-33-38)30(44)35-23(16-21-10-7-6-8-11-21)28(42)19(3)29(43)34-22-13-15-37(20(4)39)31(22)45/h6-8,10-11,18-19,22-24,26-28,33,41-42H,9,12-17H2,1-5H3,(H,34,43)(H,35,44)(H,36,40)/t19-,22-,23-,24-,26+,27+,28-/m0/s1. The highest BCUT2D eigenvalue weighted by molar-refractivity contribution is 6.00. The second-order valence-corrected chi connectivity index (χ2v) is 12.4. The highest BCUT2D eigenvalue weighted by Crippen LogP contribution is 2.20. The molecule has 6 N–H and O–H groups in total. The molecule has 15 heteroatoms. The van der Waals surface area contributed by atoms with Crippen LogP contribution >= 0.6 is 0 Å². The van der Waals surface area contributed by atoms with Gasteiger partial charge in [-0.2, -0.15) is 0 Å². The number of amides is 6. The molecule has 47 heavy (non-hydrogen) atoms. The van der Waals surface area contributed by atoms with E-state index in [9.17, 15) is 39.0 Å². The minimum absolute atomic E-state index is 0.141. The van der Waals surface area contributed by atoms with Crippen LogP contribution in [0.2, 0.25) is 0 Å². The average molecular weight is 661 g/mol. The number of aliphatic hydroxyl groups is 2. The summed E-state index contributed by atoms with van der Waals surface area (Å²) < 4.78 is 4.85. The first-order valence-electron chi connectivity index (χ1n) is 15.9. The second kappa shape index (κ2) is 17.3. The molecule has 0 aromatic heterocycles. The van der Waals surface area contributed by atoms with Crippen molar-refractivity contribution in [2.24, 2.45) is 11.8 Å². The zero-order chi connectivity index (χ0) is 34.8. The van der Waals surface area contributed by atoms with Gasteiger partial charge in [-0.3, -0.25) is 38.7 Å². The van der Waals surface area contributed by atoms with Gasteiger partial charge in [0.15, 0.2) is 0 Å². The van der Waals surface area contributed by atoms with Crippen molar-refractivity contribution in [3.8, 4) is 0 Å². The largest absolute Gasteiger partial charge is 0.390 e. The van der Waals surface area contributed by atoms with Crippen LogP contribution in [0.4, 0.5) is 0 Å². The van der Waals surface area contributed by atoms with Crippen molar-refractivity contribution in [3.63, 3.8) is 0 Å². The third-order valence-corrected chi connectivity index (χ3v) is 8.54. The number of carbonyl (C=O) groups excluding carboxylic acids is 6. The van der Waals surface area contributed by atoms with Crippen LogP contribution in [0.5, 0.6) is 0 Å². The summed E-state index contributed by atoms with van der Waals surface area (Å²) in [5.74, 6) is -4.99. The number of hydrazine groups is 1. The molecular weight excluding hydrogens is 612 g/mol. The molecule has 6 amide bonds. The van der Waals surface area contributed by atoms with E-state index >= 15 is 0 Å². The number of aliphatic hydroxyl groups excluding tert-OH is 2. The monoisotopic (exact) mass is 660 g/mol. The van der Waals surface area contributed by atoms with Crippen LogP contribution in [0, 0.1) is 11.8 Å². The molecule has 7 atom stereocenters. The third-order valence-electron chi connectivity index (χ3n) is 8.54. The van der Waals surface area contributed by atoms with Gasteiger partial charge < -0.3 is 30.9 Å². The predicted molar refractivity (Wildman–Crippen MR) is 169 cm³/mol. The fraction of sp³-hybridized carbons (Fsp3) is 0.625. The van der Waals surface area contributed by atoms with E-state index in [1.54, 1.807) is 26.0 Å². The van der Waals surface area contributed by atoms with Gasteiger partial charge in [0.1, 0.15) is 24.7 Å². The zero-order valence-electron chi connectivity index (χ0n) is 27.6. The molecule has 2 heterocycles. The SMILES string of the molecule is COCC(=O)N[C@@H](C(=O)N1NCCC[C@H]1C(=O)N[C@@H](Cc1ccccc1)[C@@H](O)[C@H](C)C(=O)N[C@H]1CCN(C(C)=O)C1=O)[C@H](O)C(C)C. The van der Waals surface area contributed by atoms with Gasteiger partial charge in [-0.25, -0.2) is 5.43 Å². The van der Waals surface area contributed by atoms with Crippen LogP contribution < -0.4 is 21.4 Å². The molecule has 0 radical (unpaired) electrons. The van der Waals surface area contributed by atoms with Crippen molar-refractivity contribution in [1.29, 1.82) is 0 Å². The Morgan fingerprint density at radius 2 is 1.70 bits per heavy atom. The molecule has 0 unspecified atom stereocenters. The number of ether oxygens (including phenoxy) is 1. The molecular formula is C32H48N6O9. The van der Waals surface area contributed by atoms with Crippen LogP contribution in [0.3, 0.4) is 0 Å². The van der Waals surface area contributed by atoms with E-state index in [0.717, 1.165) is 15.5 Å².